The summed E-state index contributed by atoms with van der Waals surface area (Å²) in [6.07, 6.45) is 0. The van der Waals surface area contributed by atoms with Gasteiger partial charge in [0.05, 0.1) is 11.0 Å². The van der Waals surface area contributed by atoms with Crippen LogP contribution in [-0.4, -0.2) is 17.5 Å². The molecule has 5 N–H and O–H groups in total. The molecule has 0 atom stereocenters. The largest absolute Gasteiger partial charge is 0.487 e. The zero-order chi connectivity index (χ0) is 12.2. The molecule has 1 aromatic rings. The van der Waals surface area contributed by atoms with Crippen LogP contribution in [0.15, 0.2) is 29.4 Å². The number of nitrogens with zero attached hydrogens (tertiary/aromatic N) is 1. The molecule has 0 amide bonds. The molecule has 7 heteroatoms. The van der Waals surface area contributed by atoms with Crippen LogP contribution in [0.2, 0.25) is 0 Å². The van der Waals surface area contributed by atoms with E-state index in [0.717, 1.165) is 0 Å². The van der Waals surface area contributed by atoms with Gasteiger partial charge in [0.2, 0.25) is 7.44 Å². The summed E-state index contributed by atoms with van der Waals surface area (Å²) in [5, 5.41) is 11.7. The summed E-state index contributed by atoms with van der Waals surface area (Å²) in [4.78, 5) is 0. The molecule has 0 aromatic heterocycles. The Kier molecular flexibility index (Phi) is 4.06. The maximum Gasteiger partial charge on any atom is 0.239 e. The van der Waals surface area contributed by atoms with Gasteiger partial charge in [0.25, 0.3) is 0 Å². The van der Waals surface area contributed by atoms with Gasteiger partial charge in [-0.2, -0.15) is 0 Å². The van der Waals surface area contributed by atoms with Crippen molar-refractivity contribution in [3.8, 4) is 5.75 Å². The summed E-state index contributed by atoms with van der Waals surface area (Å²) in [5.74, 6) is 0.332. The summed E-state index contributed by atoms with van der Waals surface area (Å²) in [7, 11) is -3.35. The van der Waals surface area contributed by atoms with Crippen molar-refractivity contribution >= 4 is 18.5 Å². The molecule has 0 saturated carbocycles. The molecule has 0 unspecified atom stereocenters. The fourth-order valence-corrected chi connectivity index (χ4v) is 1.88. The average Bonchev–Trinajstić information content (AvgIpc) is 2.25. The minimum atomic E-state index is -3.35. The summed E-state index contributed by atoms with van der Waals surface area (Å²) >= 11 is 0. The second-order valence-corrected chi connectivity index (χ2v) is 5.20. The molecule has 0 heterocycles. The fraction of sp³-hybridized carbons (Fsp3) is 0.222. The van der Waals surface area contributed by atoms with Crippen LogP contribution in [0, 0.1) is 0 Å². The van der Waals surface area contributed by atoms with Crippen molar-refractivity contribution in [1.29, 1.82) is 0 Å². The molecular formula is C9H14N3O3P. The zero-order valence-corrected chi connectivity index (χ0v) is 9.72. The highest BCUT2D eigenvalue weighted by atomic mass is 31.2. The van der Waals surface area contributed by atoms with E-state index in [-0.39, 0.29) is 11.9 Å². The highest BCUT2D eigenvalue weighted by Gasteiger charge is 2.17. The van der Waals surface area contributed by atoms with Crippen LogP contribution in [0.1, 0.15) is 6.92 Å². The molecule has 0 fully saturated rings. The molecule has 0 radical (unpaired) electrons. The SMILES string of the molecule is CC(COc1ccccc1P(N)(N)=O)=NO. The van der Waals surface area contributed by atoms with Crippen LogP contribution in [0.5, 0.6) is 5.75 Å². The first-order valence-electron chi connectivity index (χ1n) is 4.52. The molecule has 0 aliphatic heterocycles. The van der Waals surface area contributed by atoms with E-state index in [4.69, 9.17) is 21.0 Å². The van der Waals surface area contributed by atoms with E-state index in [1.165, 1.54) is 0 Å². The standard InChI is InChI=1S/C9H14N3O3P/c1-7(12-13)6-15-8-4-2-3-5-9(8)16(10,11)14/h2-5,13H,6H2,1H3,(H4,10,11,14). The van der Waals surface area contributed by atoms with Gasteiger partial charge in [0, 0.05) is 0 Å². The first-order valence-corrected chi connectivity index (χ1v) is 6.37. The van der Waals surface area contributed by atoms with Crippen LogP contribution in [0.3, 0.4) is 0 Å². The topological polar surface area (TPSA) is 111 Å². The first kappa shape index (κ1) is 12.7. The van der Waals surface area contributed by atoms with Crippen molar-refractivity contribution in [3.05, 3.63) is 24.3 Å². The van der Waals surface area contributed by atoms with Gasteiger partial charge in [-0.25, -0.2) is 0 Å². The number of ether oxygens (including phenoxy) is 1. The smallest absolute Gasteiger partial charge is 0.239 e. The molecule has 16 heavy (non-hydrogen) atoms. The number of hydrogen-bond donors (Lipinski definition) is 3. The minimum absolute atomic E-state index is 0.0769. The molecule has 88 valence electrons. The van der Waals surface area contributed by atoms with E-state index in [9.17, 15) is 4.57 Å². The van der Waals surface area contributed by atoms with E-state index in [1.807, 2.05) is 0 Å². The zero-order valence-electron chi connectivity index (χ0n) is 8.83. The normalized spacial score (nSPS) is 12.6. The Morgan fingerprint density at radius 2 is 2.12 bits per heavy atom. The molecule has 1 aromatic carbocycles. The van der Waals surface area contributed by atoms with Crippen molar-refractivity contribution in [2.75, 3.05) is 6.61 Å². The van der Waals surface area contributed by atoms with Gasteiger partial charge in [-0.05, 0) is 19.1 Å². The van der Waals surface area contributed by atoms with Gasteiger partial charge < -0.3 is 9.94 Å². The quantitative estimate of drug-likeness (QED) is 0.311. The van der Waals surface area contributed by atoms with E-state index >= 15 is 0 Å². The van der Waals surface area contributed by atoms with Crippen molar-refractivity contribution in [2.24, 2.45) is 16.2 Å². The Morgan fingerprint density at radius 3 is 2.69 bits per heavy atom. The van der Waals surface area contributed by atoms with Gasteiger partial charge in [0.1, 0.15) is 12.4 Å². The number of rotatable bonds is 4. The lowest BCUT2D eigenvalue weighted by atomic mass is 10.3. The summed E-state index contributed by atoms with van der Waals surface area (Å²) in [6, 6.07) is 6.52. The van der Waals surface area contributed by atoms with Crippen LogP contribution >= 0.6 is 7.44 Å². The van der Waals surface area contributed by atoms with Crippen LogP contribution in [-0.2, 0) is 4.57 Å². The van der Waals surface area contributed by atoms with Crippen LogP contribution in [0.25, 0.3) is 0 Å². The highest BCUT2D eigenvalue weighted by molar-refractivity contribution is 7.67. The molecule has 0 aliphatic rings. The second kappa shape index (κ2) is 5.12. The molecule has 6 nitrogen and oxygen atoms in total. The van der Waals surface area contributed by atoms with Gasteiger partial charge >= 0.3 is 0 Å². The third-order valence-corrected chi connectivity index (χ3v) is 2.97. The van der Waals surface area contributed by atoms with Gasteiger partial charge in [0.15, 0.2) is 0 Å². The first-order chi connectivity index (χ1) is 7.45. The highest BCUT2D eigenvalue weighted by Crippen LogP contribution is 2.29. The molecule has 0 spiro atoms. The Bertz CT molecular complexity index is 441. The maximum atomic E-state index is 11.5. The second-order valence-electron chi connectivity index (χ2n) is 3.30. The summed E-state index contributed by atoms with van der Waals surface area (Å²) in [5.41, 5.74) is 11.1. The lowest BCUT2D eigenvalue weighted by Crippen LogP contribution is -2.22. The maximum absolute atomic E-state index is 11.5. The van der Waals surface area contributed by atoms with Crippen molar-refractivity contribution in [1.82, 2.24) is 0 Å². The van der Waals surface area contributed by atoms with Crippen molar-refractivity contribution in [2.45, 2.75) is 6.92 Å². The number of para-hydroxylation sites is 1. The van der Waals surface area contributed by atoms with E-state index in [1.54, 1.807) is 31.2 Å². The Balaban J connectivity index is 2.92. The monoisotopic (exact) mass is 243 g/mol. The minimum Gasteiger partial charge on any atom is -0.487 e. The predicted molar refractivity (Wildman–Crippen MR) is 62.4 cm³/mol. The van der Waals surface area contributed by atoms with Gasteiger partial charge in [-0.1, -0.05) is 17.3 Å². The van der Waals surface area contributed by atoms with Crippen molar-refractivity contribution < 1.29 is 14.5 Å². The van der Waals surface area contributed by atoms with E-state index in [2.05, 4.69) is 5.16 Å². The molecule has 0 bridgehead atoms. The molecule has 0 saturated heterocycles. The predicted octanol–water partition coefficient (Wildman–Crippen LogP) is 0.651. The van der Waals surface area contributed by atoms with Gasteiger partial charge in [-0.3, -0.25) is 15.6 Å². The number of benzene rings is 1. The number of oxime groups is 1. The third kappa shape index (κ3) is 3.34. The van der Waals surface area contributed by atoms with Crippen LogP contribution in [0.4, 0.5) is 0 Å². The molecular weight excluding hydrogens is 229 g/mol. The fourth-order valence-electron chi connectivity index (χ4n) is 1.08. The molecule has 1 rings (SSSR count). The Morgan fingerprint density at radius 1 is 1.50 bits per heavy atom. The lowest BCUT2D eigenvalue weighted by molar-refractivity contribution is 0.307. The van der Waals surface area contributed by atoms with E-state index < -0.39 is 7.44 Å². The number of hydrogen-bond acceptors (Lipinski definition) is 4. The average molecular weight is 243 g/mol. The van der Waals surface area contributed by atoms with Crippen LogP contribution < -0.4 is 21.0 Å². The summed E-state index contributed by atoms with van der Waals surface area (Å²) < 4.78 is 16.8. The van der Waals surface area contributed by atoms with Gasteiger partial charge in [-0.15, -0.1) is 0 Å². The van der Waals surface area contributed by atoms with E-state index in [0.29, 0.717) is 11.5 Å². The third-order valence-electron chi connectivity index (χ3n) is 1.85. The lowest BCUT2D eigenvalue weighted by Gasteiger charge is -2.13. The number of nitrogens with two attached hydrogens (primary N) is 2. The summed E-state index contributed by atoms with van der Waals surface area (Å²) in [6.45, 7) is 1.67. The Labute approximate surface area is 93.4 Å². The van der Waals surface area contributed by atoms with Crippen molar-refractivity contribution in [3.63, 3.8) is 0 Å². The molecule has 0 aliphatic carbocycles. The Hall–Kier alpha value is -1.36.